The molecule has 15 heavy (non-hydrogen) atoms. The first-order chi connectivity index (χ1) is 7.27. The molecule has 1 aromatic carbocycles. The highest BCUT2D eigenvalue weighted by molar-refractivity contribution is 5.72. The molecule has 1 unspecified atom stereocenters. The van der Waals surface area contributed by atoms with E-state index in [9.17, 15) is 4.79 Å². The highest BCUT2D eigenvalue weighted by atomic mass is 16.1. The summed E-state index contributed by atoms with van der Waals surface area (Å²) in [4.78, 5) is 10.7. The van der Waals surface area contributed by atoms with Crippen molar-refractivity contribution in [3.05, 3.63) is 41.5 Å². The van der Waals surface area contributed by atoms with Crippen molar-refractivity contribution < 1.29 is 4.79 Å². The number of nitrogens with one attached hydrogen (secondary N) is 1. The molecule has 78 valence electrons. The van der Waals surface area contributed by atoms with Crippen LogP contribution in [-0.2, 0) is 4.79 Å². The van der Waals surface area contributed by atoms with Crippen LogP contribution in [0.4, 0.5) is 0 Å². The van der Waals surface area contributed by atoms with Crippen molar-refractivity contribution in [2.24, 2.45) is 0 Å². The van der Waals surface area contributed by atoms with E-state index < -0.39 is 0 Å². The average Bonchev–Trinajstić information content (AvgIpc) is 2.62. The summed E-state index contributed by atoms with van der Waals surface area (Å²) >= 11 is 0. The Labute approximate surface area is 90.0 Å². The third kappa shape index (κ3) is 2.27. The summed E-state index contributed by atoms with van der Waals surface area (Å²) in [7, 11) is 0. The molecule has 1 aliphatic rings. The van der Waals surface area contributed by atoms with Gasteiger partial charge in [0.05, 0.1) is 0 Å². The van der Waals surface area contributed by atoms with Gasteiger partial charge in [0.1, 0.15) is 0 Å². The number of carbonyl (C=O) groups is 1. The largest absolute Gasteiger partial charge is 0.356 e. The lowest BCUT2D eigenvalue weighted by Crippen LogP contribution is -2.22. The lowest BCUT2D eigenvalue weighted by Gasteiger charge is -2.10. The molecule has 1 amide bonds. The van der Waals surface area contributed by atoms with Gasteiger partial charge in [-0.25, -0.2) is 0 Å². The predicted molar refractivity (Wildman–Crippen MR) is 61.5 cm³/mol. The lowest BCUT2D eigenvalue weighted by atomic mass is 9.98. The van der Waals surface area contributed by atoms with Gasteiger partial charge >= 0.3 is 0 Å². The van der Waals surface area contributed by atoms with E-state index in [4.69, 9.17) is 0 Å². The number of fused-ring (bicyclic) bond motifs is 1. The highest BCUT2D eigenvalue weighted by Gasteiger charge is 2.15. The van der Waals surface area contributed by atoms with E-state index in [0.717, 1.165) is 13.0 Å². The zero-order valence-corrected chi connectivity index (χ0v) is 8.86. The molecular formula is C13H15NO. The van der Waals surface area contributed by atoms with Gasteiger partial charge in [-0.3, -0.25) is 4.79 Å². The van der Waals surface area contributed by atoms with Crippen molar-refractivity contribution in [2.45, 2.75) is 19.3 Å². The molecular weight excluding hydrogens is 186 g/mol. The van der Waals surface area contributed by atoms with E-state index in [1.54, 1.807) is 6.92 Å². The van der Waals surface area contributed by atoms with Gasteiger partial charge in [-0.2, -0.15) is 0 Å². The van der Waals surface area contributed by atoms with Crippen molar-refractivity contribution in [3.8, 4) is 0 Å². The fraction of sp³-hybridized carbons (Fsp3) is 0.308. The second kappa shape index (κ2) is 4.30. The van der Waals surface area contributed by atoms with Crippen LogP contribution in [0.2, 0.25) is 0 Å². The molecule has 0 saturated heterocycles. The summed E-state index contributed by atoms with van der Waals surface area (Å²) in [6, 6.07) is 8.41. The van der Waals surface area contributed by atoms with Crippen LogP contribution in [0.5, 0.6) is 0 Å². The maximum Gasteiger partial charge on any atom is 0.216 e. The maximum absolute atomic E-state index is 10.7. The minimum Gasteiger partial charge on any atom is -0.356 e. The zero-order chi connectivity index (χ0) is 10.7. The van der Waals surface area contributed by atoms with E-state index in [1.807, 2.05) is 0 Å². The Hall–Kier alpha value is -1.57. The first-order valence-corrected chi connectivity index (χ1v) is 5.29. The third-order valence-electron chi connectivity index (χ3n) is 2.73. The van der Waals surface area contributed by atoms with Crippen molar-refractivity contribution in [3.63, 3.8) is 0 Å². The fourth-order valence-electron chi connectivity index (χ4n) is 1.98. The van der Waals surface area contributed by atoms with Crippen molar-refractivity contribution >= 4 is 12.0 Å². The summed E-state index contributed by atoms with van der Waals surface area (Å²) in [6.07, 6.45) is 5.35. The second-order valence-electron chi connectivity index (χ2n) is 3.87. The Balaban J connectivity index is 1.96. The standard InChI is InChI=1S/C13H15NO/c1-10(15)14-9-8-12-7-6-11-4-2-3-5-13(11)12/h2-7,12H,8-9H2,1H3,(H,14,15). The van der Waals surface area contributed by atoms with Crippen molar-refractivity contribution in [1.29, 1.82) is 0 Å². The zero-order valence-electron chi connectivity index (χ0n) is 8.86. The van der Waals surface area contributed by atoms with Crippen LogP contribution >= 0.6 is 0 Å². The SMILES string of the molecule is CC(=O)NCCC1C=Cc2ccccc21. The van der Waals surface area contributed by atoms with Gasteiger partial charge in [-0.15, -0.1) is 0 Å². The number of rotatable bonds is 3. The number of allylic oxidation sites excluding steroid dienone is 1. The molecule has 0 aromatic heterocycles. The van der Waals surface area contributed by atoms with Gasteiger partial charge in [-0.05, 0) is 17.5 Å². The molecule has 2 heteroatoms. The molecule has 1 aliphatic carbocycles. The van der Waals surface area contributed by atoms with Gasteiger partial charge in [0.15, 0.2) is 0 Å². The second-order valence-corrected chi connectivity index (χ2v) is 3.87. The van der Waals surface area contributed by atoms with E-state index in [-0.39, 0.29) is 5.91 Å². The van der Waals surface area contributed by atoms with E-state index in [2.05, 4.69) is 41.7 Å². The monoisotopic (exact) mass is 201 g/mol. The average molecular weight is 201 g/mol. The summed E-state index contributed by atoms with van der Waals surface area (Å²) in [5.41, 5.74) is 2.69. The number of hydrogen-bond donors (Lipinski definition) is 1. The third-order valence-corrected chi connectivity index (χ3v) is 2.73. The Kier molecular flexibility index (Phi) is 2.86. The number of carbonyl (C=O) groups excluding carboxylic acids is 1. The normalized spacial score (nSPS) is 17.5. The number of hydrogen-bond acceptors (Lipinski definition) is 1. The summed E-state index contributed by atoms with van der Waals surface area (Å²) in [5.74, 6) is 0.512. The van der Waals surface area contributed by atoms with Crippen LogP contribution in [0.3, 0.4) is 0 Å². The van der Waals surface area contributed by atoms with Crippen LogP contribution < -0.4 is 5.32 Å². The Bertz CT molecular complexity index is 395. The highest BCUT2D eigenvalue weighted by Crippen LogP contribution is 2.31. The molecule has 0 saturated carbocycles. The minimum atomic E-state index is 0.0465. The molecule has 0 fully saturated rings. The lowest BCUT2D eigenvalue weighted by molar-refractivity contribution is -0.118. The quantitative estimate of drug-likeness (QED) is 0.799. The molecule has 0 radical (unpaired) electrons. The van der Waals surface area contributed by atoms with Crippen molar-refractivity contribution in [2.75, 3.05) is 6.54 Å². The molecule has 0 heterocycles. The molecule has 1 atom stereocenters. The summed E-state index contributed by atoms with van der Waals surface area (Å²) in [5, 5.41) is 2.83. The number of benzene rings is 1. The number of amides is 1. The van der Waals surface area contributed by atoms with E-state index >= 15 is 0 Å². The molecule has 2 nitrogen and oxygen atoms in total. The maximum atomic E-state index is 10.7. The Morgan fingerprint density at radius 1 is 1.40 bits per heavy atom. The molecule has 1 N–H and O–H groups in total. The molecule has 0 aliphatic heterocycles. The molecule has 1 aromatic rings. The molecule has 0 bridgehead atoms. The van der Waals surface area contributed by atoms with E-state index in [0.29, 0.717) is 5.92 Å². The van der Waals surface area contributed by atoms with E-state index in [1.165, 1.54) is 11.1 Å². The smallest absolute Gasteiger partial charge is 0.216 e. The van der Waals surface area contributed by atoms with Gasteiger partial charge in [0.2, 0.25) is 5.91 Å². The van der Waals surface area contributed by atoms with Gasteiger partial charge in [-0.1, -0.05) is 36.4 Å². The Morgan fingerprint density at radius 3 is 3.00 bits per heavy atom. The van der Waals surface area contributed by atoms with Gasteiger partial charge in [0, 0.05) is 19.4 Å². The molecule has 2 rings (SSSR count). The first-order valence-electron chi connectivity index (χ1n) is 5.29. The van der Waals surface area contributed by atoms with Crippen LogP contribution in [0.25, 0.3) is 6.08 Å². The van der Waals surface area contributed by atoms with Crippen LogP contribution in [0, 0.1) is 0 Å². The topological polar surface area (TPSA) is 29.1 Å². The van der Waals surface area contributed by atoms with Crippen LogP contribution in [-0.4, -0.2) is 12.5 Å². The Morgan fingerprint density at radius 2 is 2.20 bits per heavy atom. The molecule has 0 spiro atoms. The predicted octanol–water partition coefficient (Wildman–Crippen LogP) is 2.32. The summed E-state index contributed by atoms with van der Waals surface area (Å²) in [6.45, 7) is 2.30. The first kappa shape index (κ1) is 9.97. The minimum absolute atomic E-state index is 0.0465. The van der Waals surface area contributed by atoms with Crippen LogP contribution in [0.1, 0.15) is 30.4 Å². The summed E-state index contributed by atoms with van der Waals surface area (Å²) < 4.78 is 0. The van der Waals surface area contributed by atoms with Gasteiger partial charge < -0.3 is 5.32 Å². The fourth-order valence-corrected chi connectivity index (χ4v) is 1.98. The van der Waals surface area contributed by atoms with Crippen LogP contribution in [0.15, 0.2) is 30.3 Å². The van der Waals surface area contributed by atoms with Gasteiger partial charge in [0.25, 0.3) is 0 Å². The van der Waals surface area contributed by atoms with Crippen molar-refractivity contribution in [1.82, 2.24) is 5.32 Å².